The van der Waals surface area contributed by atoms with Gasteiger partial charge in [0.05, 0.1) is 17.6 Å². The molecule has 1 N–H and O–H groups in total. The van der Waals surface area contributed by atoms with Crippen molar-refractivity contribution >= 4 is 33.8 Å². The van der Waals surface area contributed by atoms with Gasteiger partial charge in [0.1, 0.15) is 0 Å². The molecule has 5 nitrogen and oxygen atoms in total. The quantitative estimate of drug-likeness (QED) is 0.508. The molecule has 21 heavy (non-hydrogen) atoms. The zero-order chi connectivity index (χ0) is 16.3. The molecule has 1 aromatic carbocycles. The van der Waals surface area contributed by atoms with Crippen LogP contribution in [0.15, 0.2) is 60.2 Å². The largest absolute Gasteiger partial charge is 0.435 e. The van der Waals surface area contributed by atoms with Gasteiger partial charge in [-0.3, -0.25) is 9.35 Å². The lowest BCUT2D eigenvalue weighted by Gasteiger charge is -2.03. The molecule has 0 aliphatic carbocycles. The lowest BCUT2D eigenvalue weighted by molar-refractivity contribution is -0.137. The molecule has 0 fully saturated rings. The fraction of sp³-hybridized carbons (Fsp3) is 0.0714. The molecule has 114 valence electrons. The van der Waals surface area contributed by atoms with Crippen molar-refractivity contribution in [3.63, 3.8) is 0 Å². The van der Waals surface area contributed by atoms with Crippen LogP contribution in [0.4, 0.5) is 0 Å². The normalized spacial score (nSPS) is 10.9. The first-order valence-electron chi connectivity index (χ1n) is 5.59. The highest BCUT2D eigenvalue weighted by Gasteiger charge is 2.18. The first-order valence-corrected chi connectivity index (χ1v) is 7.47. The summed E-state index contributed by atoms with van der Waals surface area (Å²) in [4.78, 5) is 10.8. The molecule has 0 atom stereocenters. The molecule has 0 saturated heterocycles. The number of hydrogen-bond acceptors (Lipinski definition) is 4. The van der Waals surface area contributed by atoms with E-state index in [0.717, 1.165) is 6.26 Å². The van der Waals surface area contributed by atoms with E-state index in [1.807, 2.05) is 0 Å². The number of rotatable bonds is 5. The Morgan fingerprint density at radius 3 is 2.24 bits per heavy atom. The highest BCUT2D eigenvalue weighted by Crippen LogP contribution is 2.15. The molecule has 0 aromatic heterocycles. The van der Waals surface area contributed by atoms with E-state index in [-0.39, 0.29) is 0 Å². The SMILES string of the molecule is C=CCl.C=COC(=O)CC(=Cc1ccccc1)S(=O)(=O)O. The third kappa shape index (κ3) is 8.80. The Morgan fingerprint density at radius 1 is 1.29 bits per heavy atom. The monoisotopic (exact) mass is 330 g/mol. The smallest absolute Gasteiger partial charge is 0.315 e. The maximum absolute atomic E-state index is 11.2. The molecule has 0 saturated carbocycles. The van der Waals surface area contributed by atoms with Crippen LogP contribution < -0.4 is 0 Å². The third-order valence-corrected chi connectivity index (χ3v) is 2.92. The molecule has 0 heterocycles. The van der Waals surface area contributed by atoms with Crippen LogP contribution >= 0.6 is 11.6 Å². The van der Waals surface area contributed by atoms with Gasteiger partial charge >= 0.3 is 5.97 Å². The number of benzene rings is 1. The summed E-state index contributed by atoms with van der Waals surface area (Å²) >= 11 is 4.76. The molecular weight excluding hydrogens is 316 g/mol. The second-order valence-electron chi connectivity index (χ2n) is 3.48. The van der Waals surface area contributed by atoms with Crippen LogP contribution in [0.3, 0.4) is 0 Å². The van der Waals surface area contributed by atoms with Crippen molar-refractivity contribution in [2.45, 2.75) is 6.42 Å². The van der Waals surface area contributed by atoms with Gasteiger partial charge in [-0.15, -0.1) is 0 Å². The van der Waals surface area contributed by atoms with E-state index in [1.165, 1.54) is 11.6 Å². The van der Waals surface area contributed by atoms with Crippen LogP contribution in [0.5, 0.6) is 0 Å². The average molecular weight is 331 g/mol. The predicted molar refractivity (Wildman–Crippen MR) is 82.9 cm³/mol. The molecule has 0 spiro atoms. The van der Waals surface area contributed by atoms with Gasteiger partial charge in [0, 0.05) is 0 Å². The molecular formula is C14H15ClO5S. The Morgan fingerprint density at radius 2 is 1.81 bits per heavy atom. The molecule has 0 aliphatic heterocycles. The van der Waals surface area contributed by atoms with Crippen molar-refractivity contribution in [1.82, 2.24) is 0 Å². The standard InChI is InChI=1S/C12H12O5S.C2H3Cl/c1-2-17-12(13)9-11(18(14,15)16)8-10-6-4-3-5-7-10;1-2-3/h2-8H,1,9H2,(H,14,15,16);2H,1H2. The molecule has 1 rings (SSSR count). The minimum atomic E-state index is -4.45. The van der Waals surface area contributed by atoms with Crippen LogP contribution in [0.25, 0.3) is 6.08 Å². The molecule has 0 amide bonds. The van der Waals surface area contributed by atoms with Gasteiger partial charge < -0.3 is 4.74 Å². The lowest BCUT2D eigenvalue weighted by Crippen LogP contribution is -2.09. The second kappa shape index (κ2) is 9.93. The fourth-order valence-electron chi connectivity index (χ4n) is 1.23. The van der Waals surface area contributed by atoms with Gasteiger partial charge in [-0.2, -0.15) is 8.42 Å². The zero-order valence-electron chi connectivity index (χ0n) is 11.1. The van der Waals surface area contributed by atoms with Gasteiger partial charge in [-0.05, 0) is 17.2 Å². The summed E-state index contributed by atoms with van der Waals surface area (Å²) < 4.78 is 35.7. The average Bonchev–Trinajstić information content (AvgIpc) is 2.39. The minimum absolute atomic E-state index is 0.430. The van der Waals surface area contributed by atoms with E-state index < -0.39 is 27.4 Å². The number of ether oxygens (including phenoxy) is 1. The van der Waals surface area contributed by atoms with Crippen molar-refractivity contribution in [2.75, 3.05) is 0 Å². The highest BCUT2D eigenvalue weighted by molar-refractivity contribution is 7.90. The summed E-state index contributed by atoms with van der Waals surface area (Å²) in [6.07, 6.45) is 1.55. The maximum Gasteiger partial charge on any atom is 0.315 e. The lowest BCUT2D eigenvalue weighted by atomic mass is 10.2. The summed E-state index contributed by atoms with van der Waals surface area (Å²) in [5.74, 6) is -0.815. The van der Waals surface area contributed by atoms with E-state index >= 15 is 0 Å². The van der Waals surface area contributed by atoms with Gasteiger partial charge in [-0.25, -0.2) is 0 Å². The van der Waals surface area contributed by atoms with Crippen LogP contribution in [0, 0.1) is 0 Å². The maximum atomic E-state index is 11.2. The van der Waals surface area contributed by atoms with Crippen molar-refractivity contribution in [3.8, 4) is 0 Å². The number of esters is 1. The Kier molecular flexibility index (Phi) is 9.03. The predicted octanol–water partition coefficient (Wildman–Crippen LogP) is 3.36. The Hall–Kier alpha value is -1.89. The van der Waals surface area contributed by atoms with Crippen molar-refractivity contribution < 1.29 is 22.5 Å². The molecule has 0 bridgehead atoms. The van der Waals surface area contributed by atoms with Crippen LogP contribution in [0.2, 0.25) is 0 Å². The van der Waals surface area contributed by atoms with Gasteiger partial charge in [0.25, 0.3) is 10.1 Å². The summed E-state index contributed by atoms with van der Waals surface area (Å²) in [5.41, 5.74) is 1.77. The van der Waals surface area contributed by atoms with Gasteiger partial charge in [-0.1, -0.05) is 55.1 Å². The fourth-order valence-corrected chi connectivity index (χ4v) is 1.81. The molecule has 0 aliphatic rings. The van der Waals surface area contributed by atoms with E-state index in [1.54, 1.807) is 30.3 Å². The van der Waals surface area contributed by atoms with E-state index in [2.05, 4.69) is 17.9 Å². The number of hydrogen-bond donors (Lipinski definition) is 1. The summed E-state index contributed by atoms with van der Waals surface area (Å²) in [5, 5.41) is 0. The third-order valence-electron chi connectivity index (χ3n) is 1.99. The first kappa shape index (κ1) is 19.1. The Balaban J connectivity index is 0.00000122. The number of carbonyl (C=O) groups is 1. The second-order valence-corrected chi connectivity index (χ2v) is 5.27. The Labute approximate surface area is 128 Å². The van der Waals surface area contributed by atoms with Crippen molar-refractivity contribution in [2.24, 2.45) is 0 Å². The minimum Gasteiger partial charge on any atom is -0.435 e. The van der Waals surface area contributed by atoms with E-state index in [4.69, 9.17) is 16.2 Å². The summed E-state index contributed by atoms with van der Waals surface area (Å²) in [6.45, 7) is 6.31. The van der Waals surface area contributed by atoms with Crippen LogP contribution in [-0.2, 0) is 19.6 Å². The van der Waals surface area contributed by atoms with E-state index in [0.29, 0.717) is 5.56 Å². The highest BCUT2D eigenvalue weighted by atomic mass is 35.5. The number of halogens is 1. The van der Waals surface area contributed by atoms with Gasteiger partial charge in [0.2, 0.25) is 0 Å². The number of carbonyl (C=O) groups excluding carboxylic acids is 1. The van der Waals surface area contributed by atoms with Crippen molar-refractivity contribution in [1.29, 1.82) is 0 Å². The topological polar surface area (TPSA) is 80.7 Å². The summed E-state index contributed by atoms with van der Waals surface area (Å²) in [7, 11) is -4.45. The van der Waals surface area contributed by atoms with Crippen molar-refractivity contribution in [3.05, 3.63) is 65.8 Å². The molecule has 0 unspecified atom stereocenters. The molecule has 0 radical (unpaired) electrons. The van der Waals surface area contributed by atoms with Crippen LogP contribution in [-0.4, -0.2) is 18.9 Å². The van der Waals surface area contributed by atoms with E-state index in [9.17, 15) is 13.2 Å². The first-order chi connectivity index (χ1) is 9.85. The molecule has 1 aromatic rings. The van der Waals surface area contributed by atoms with Crippen LogP contribution in [0.1, 0.15) is 12.0 Å². The Bertz CT molecular complexity index is 606. The van der Waals surface area contributed by atoms with Gasteiger partial charge in [0.15, 0.2) is 0 Å². The summed E-state index contributed by atoms with van der Waals surface area (Å²) in [6, 6.07) is 8.45. The molecule has 7 heteroatoms. The zero-order valence-corrected chi connectivity index (χ0v) is 12.7.